The Labute approximate surface area is 130 Å². The molecule has 5 nitrogen and oxygen atoms in total. The van der Waals surface area contributed by atoms with Crippen molar-refractivity contribution < 1.29 is 9.53 Å². The monoisotopic (exact) mass is 299 g/mol. The fourth-order valence-electron chi connectivity index (χ4n) is 2.82. The number of hydrogen-bond acceptors (Lipinski definition) is 4. The van der Waals surface area contributed by atoms with Crippen molar-refractivity contribution >= 4 is 16.8 Å². The lowest BCUT2D eigenvalue weighted by Crippen LogP contribution is -2.55. The number of carbonyl (C=O) groups excluding carboxylic acids is 1. The molecule has 0 radical (unpaired) electrons. The van der Waals surface area contributed by atoms with Crippen LogP contribution in [0.5, 0.6) is 5.75 Å². The number of benzene rings is 1. The average Bonchev–Trinajstić information content (AvgIpc) is 2.55. The molecule has 5 heteroatoms. The van der Waals surface area contributed by atoms with Gasteiger partial charge in [0.25, 0.3) is 5.91 Å². The van der Waals surface area contributed by atoms with E-state index in [-0.39, 0.29) is 11.9 Å². The van der Waals surface area contributed by atoms with Crippen LogP contribution < -0.4 is 10.1 Å². The third-order valence-corrected chi connectivity index (χ3v) is 4.04. The summed E-state index contributed by atoms with van der Waals surface area (Å²) in [6.07, 6.45) is 1.25. The third-order valence-electron chi connectivity index (χ3n) is 4.04. The molecule has 1 aromatic heterocycles. The molecule has 0 aliphatic carbocycles. The summed E-state index contributed by atoms with van der Waals surface area (Å²) in [5.74, 6) is 0.740. The lowest BCUT2D eigenvalue weighted by atomic mass is 10.2. The van der Waals surface area contributed by atoms with E-state index < -0.39 is 6.10 Å². The number of amides is 1. The fourth-order valence-corrected chi connectivity index (χ4v) is 2.82. The van der Waals surface area contributed by atoms with Gasteiger partial charge in [-0.05, 0) is 38.1 Å². The van der Waals surface area contributed by atoms with Gasteiger partial charge in [0.15, 0.2) is 6.10 Å². The van der Waals surface area contributed by atoms with E-state index in [1.807, 2.05) is 42.2 Å². The molecular weight excluding hydrogens is 278 g/mol. The molecule has 1 aliphatic heterocycles. The molecule has 1 fully saturated rings. The molecule has 0 spiro atoms. The first kappa shape index (κ1) is 14.8. The van der Waals surface area contributed by atoms with Gasteiger partial charge in [0.1, 0.15) is 5.75 Å². The molecule has 116 valence electrons. The van der Waals surface area contributed by atoms with Crippen LogP contribution in [-0.2, 0) is 4.79 Å². The molecule has 2 atom stereocenters. The van der Waals surface area contributed by atoms with Crippen molar-refractivity contribution in [1.29, 1.82) is 0 Å². The van der Waals surface area contributed by atoms with E-state index in [4.69, 9.17) is 4.74 Å². The van der Waals surface area contributed by atoms with Gasteiger partial charge in [0.05, 0.1) is 5.52 Å². The second kappa shape index (κ2) is 6.32. The van der Waals surface area contributed by atoms with Crippen LogP contribution in [0.25, 0.3) is 10.9 Å². The van der Waals surface area contributed by atoms with Gasteiger partial charge in [-0.1, -0.05) is 6.07 Å². The Morgan fingerprint density at radius 2 is 2.27 bits per heavy atom. The number of hydrogen-bond donors (Lipinski definition) is 1. The summed E-state index contributed by atoms with van der Waals surface area (Å²) in [5, 5.41) is 4.22. The van der Waals surface area contributed by atoms with Gasteiger partial charge in [-0.3, -0.25) is 9.78 Å². The molecule has 1 N–H and O–H groups in total. The largest absolute Gasteiger partial charge is 0.480 e. The second-order valence-electron chi connectivity index (χ2n) is 5.67. The smallest absolute Gasteiger partial charge is 0.263 e. The number of nitrogens with zero attached hydrogens (tertiary/aromatic N) is 2. The normalized spacial score (nSPS) is 19.9. The van der Waals surface area contributed by atoms with Crippen molar-refractivity contribution in [2.75, 3.05) is 19.6 Å². The van der Waals surface area contributed by atoms with E-state index in [0.29, 0.717) is 5.75 Å². The maximum atomic E-state index is 12.6. The number of aromatic nitrogens is 1. The summed E-state index contributed by atoms with van der Waals surface area (Å²) >= 11 is 0. The van der Waals surface area contributed by atoms with Crippen LogP contribution in [0.3, 0.4) is 0 Å². The van der Waals surface area contributed by atoms with E-state index in [0.717, 1.165) is 30.5 Å². The van der Waals surface area contributed by atoms with Crippen LogP contribution in [0.15, 0.2) is 36.5 Å². The quantitative estimate of drug-likeness (QED) is 0.939. The topological polar surface area (TPSA) is 54.5 Å². The van der Waals surface area contributed by atoms with Gasteiger partial charge in [-0.15, -0.1) is 0 Å². The first-order chi connectivity index (χ1) is 10.7. The minimum absolute atomic E-state index is 0.0369. The zero-order chi connectivity index (χ0) is 15.5. The van der Waals surface area contributed by atoms with Crippen LogP contribution in [0.4, 0.5) is 0 Å². The summed E-state index contributed by atoms with van der Waals surface area (Å²) in [5.41, 5.74) is 0.871. The highest BCUT2D eigenvalue weighted by atomic mass is 16.5. The molecule has 1 aromatic carbocycles. The maximum absolute atomic E-state index is 12.6. The van der Waals surface area contributed by atoms with E-state index in [2.05, 4.69) is 17.2 Å². The average molecular weight is 299 g/mol. The van der Waals surface area contributed by atoms with Gasteiger partial charge in [0, 0.05) is 37.3 Å². The maximum Gasteiger partial charge on any atom is 0.263 e. The zero-order valence-corrected chi connectivity index (χ0v) is 13.0. The SMILES string of the molecule is C[C@H](Oc1cccc2ncccc12)C(=O)N1CCNC[C@H]1C. The van der Waals surface area contributed by atoms with Crippen LogP contribution in [0.2, 0.25) is 0 Å². The van der Waals surface area contributed by atoms with Gasteiger partial charge in [-0.2, -0.15) is 0 Å². The summed E-state index contributed by atoms with van der Waals surface area (Å²) in [6, 6.07) is 9.75. The number of fused-ring (bicyclic) bond motifs is 1. The van der Waals surface area contributed by atoms with Crippen LogP contribution >= 0.6 is 0 Å². The summed E-state index contributed by atoms with van der Waals surface area (Å²) in [4.78, 5) is 18.8. The number of ether oxygens (including phenoxy) is 1. The zero-order valence-electron chi connectivity index (χ0n) is 13.0. The molecule has 2 aromatic rings. The lowest BCUT2D eigenvalue weighted by molar-refractivity contribution is -0.140. The summed E-state index contributed by atoms with van der Waals surface area (Å²) in [7, 11) is 0. The Kier molecular flexibility index (Phi) is 4.24. The van der Waals surface area contributed by atoms with Gasteiger partial charge in [0.2, 0.25) is 0 Å². The number of rotatable bonds is 3. The summed E-state index contributed by atoms with van der Waals surface area (Å²) < 4.78 is 5.94. The Hall–Kier alpha value is -2.14. The molecule has 22 heavy (non-hydrogen) atoms. The highest BCUT2D eigenvalue weighted by Crippen LogP contribution is 2.25. The first-order valence-corrected chi connectivity index (χ1v) is 7.68. The predicted molar refractivity (Wildman–Crippen MR) is 85.9 cm³/mol. The molecular formula is C17H21N3O2. The van der Waals surface area contributed by atoms with E-state index in [1.165, 1.54) is 0 Å². The minimum Gasteiger partial charge on any atom is -0.480 e. The van der Waals surface area contributed by atoms with Crippen LogP contribution in [0, 0.1) is 0 Å². The lowest BCUT2D eigenvalue weighted by Gasteiger charge is -2.35. The molecule has 0 bridgehead atoms. The Bertz CT molecular complexity index is 669. The molecule has 1 aliphatic rings. The Morgan fingerprint density at radius 1 is 1.41 bits per heavy atom. The molecule has 3 rings (SSSR count). The number of pyridine rings is 1. The first-order valence-electron chi connectivity index (χ1n) is 7.68. The number of carbonyl (C=O) groups is 1. The van der Waals surface area contributed by atoms with Crippen molar-refractivity contribution in [2.24, 2.45) is 0 Å². The number of nitrogens with one attached hydrogen (secondary N) is 1. The van der Waals surface area contributed by atoms with Crippen molar-refractivity contribution in [1.82, 2.24) is 15.2 Å². The minimum atomic E-state index is -0.508. The highest BCUT2D eigenvalue weighted by Gasteiger charge is 2.28. The molecule has 0 unspecified atom stereocenters. The third kappa shape index (κ3) is 2.90. The van der Waals surface area contributed by atoms with E-state index in [9.17, 15) is 4.79 Å². The molecule has 2 heterocycles. The van der Waals surface area contributed by atoms with Crippen LogP contribution in [-0.4, -0.2) is 47.6 Å². The van der Waals surface area contributed by atoms with Gasteiger partial charge < -0.3 is 15.0 Å². The Balaban J connectivity index is 1.78. The predicted octanol–water partition coefficient (Wildman–Crippen LogP) is 1.82. The molecule has 0 saturated carbocycles. The van der Waals surface area contributed by atoms with Crippen molar-refractivity contribution in [3.63, 3.8) is 0 Å². The summed E-state index contributed by atoms with van der Waals surface area (Å²) in [6.45, 7) is 6.26. The van der Waals surface area contributed by atoms with Crippen molar-refractivity contribution in [3.05, 3.63) is 36.5 Å². The van der Waals surface area contributed by atoms with Gasteiger partial charge in [-0.25, -0.2) is 0 Å². The van der Waals surface area contributed by atoms with E-state index in [1.54, 1.807) is 6.20 Å². The molecule has 1 amide bonds. The van der Waals surface area contributed by atoms with Crippen molar-refractivity contribution in [3.8, 4) is 5.75 Å². The second-order valence-corrected chi connectivity index (χ2v) is 5.67. The highest BCUT2D eigenvalue weighted by molar-refractivity contribution is 5.86. The standard InChI is InChI=1S/C17H21N3O2/c1-12-11-18-9-10-20(12)17(21)13(2)22-16-7-3-6-15-14(16)5-4-8-19-15/h3-8,12-13,18H,9-11H2,1-2H3/t12-,13+/m1/s1. The van der Waals surface area contributed by atoms with Gasteiger partial charge >= 0.3 is 0 Å². The van der Waals surface area contributed by atoms with E-state index >= 15 is 0 Å². The van der Waals surface area contributed by atoms with Crippen molar-refractivity contribution in [2.45, 2.75) is 26.0 Å². The van der Waals surface area contributed by atoms with Crippen LogP contribution in [0.1, 0.15) is 13.8 Å². The molecule has 1 saturated heterocycles. The Morgan fingerprint density at radius 3 is 3.09 bits per heavy atom. The fraction of sp³-hybridized carbons (Fsp3) is 0.412. The number of piperazine rings is 1.